The van der Waals surface area contributed by atoms with Gasteiger partial charge in [0.25, 0.3) is 0 Å². The number of hydrogen-bond acceptors (Lipinski definition) is 3. The van der Waals surface area contributed by atoms with Crippen molar-refractivity contribution in [1.82, 2.24) is 4.72 Å². The third-order valence-electron chi connectivity index (χ3n) is 2.48. The van der Waals surface area contributed by atoms with E-state index < -0.39 is 32.6 Å². The van der Waals surface area contributed by atoms with Crippen LogP contribution < -0.4 is 4.72 Å². The van der Waals surface area contributed by atoms with Crippen LogP contribution in [-0.4, -0.2) is 8.42 Å². The van der Waals surface area contributed by atoms with E-state index in [1.54, 1.807) is 19.1 Å². The number of benzene rings is 1. The van der Waals surface area contributed by atoms with Gasteiger partial charge in [0.2, 0.25) is 10.0 Å². The van der Waals surface area contributed by atoms with E-state index in [0.29, 0.717) is 6.07 Å². The fourth-order valence-corrected chi connectivity index (χ4v) is 3.70. The van der Waals surface area contributed by atoms with Crippen molar-refractivity contribution in [3.63, 3.8) is 0 Å². The summed E-state index contributed by atoms with van der Waals surface area (Å²) in [5, 5.41) is 1.81. The quantitative estimate of drug-likeness (QED) is 0.943. The molecule has 1 aromatic heterocycles. The van der Waals surface area contributed by atoms with E-state index in [1.807, 2.05) is 5.38 Å². The van der Waals surface area contributed by atoms with Crippen molar-refractivity contribution >= 4 is 21.4 Å². The number of thiophene rings is 1. The van der Waals surface area contributed by atoms with E-state index in [2.05, 4.69) is 4.72 Å². The first kappa shape index (κ1) is 14.1. The summed E-state index contributed by atoms with van der Waals surface area (Å²) in [7, 11) is -4.10. The third-order valence-corrected chi connectivity index (χ3v) is 5.10. The maximum Gasteiger partial charge on any atom is 0.244 e. The summed E-state index contributed by atoms with van der Waals surface area (Å²) in [6, 6.07) is 5.37. The van der Waals surface area contributed by atoms with Gasteiger partial charge in [0.1, 0.15) is 16.5 Å². The Bertz CT molecular complexity index is 669. The molecule has 2 rings (SSSR count). The molecule has 0 saturated carbocycles. The third kappa shape index (κ3) is 3.17. The normalized spacial score (nSPS) is 13.4. The Kier molecular flexibility index (Phi) is 3.98. The highest BCUT2D eigenvalue weighted by atomic mass is 32.2. The summed E-state index contributed by atoms with van der Waals surface area (Å²) in [6.07, 6.45) is 0. The Morgan fingerprint density at radius 2 is 2.00 bits per heavy atom. The molecule has 3 nitrogen and oxygen atoms in total. The van der Waals surface area contributed by atoms with Gasteiger partial charge < -0.3 is 0 Å². The second-order valence-corrected chi connectivity index (χ2v) is 6.59. The lowest BCUT2D eigenvalue weighted by Crippen LogP contribution is -2.27. The molecular weight excluding hydrogens is 292 g/mol. The first-order valence-corrected chi connectivity index (χ1v) is 7.77. The van der Waals surface area contributed by atoms with Crippen LogP contribution in [0.2, 0.25) is 0 Å². The zero-order valence-electron chi connectivity index (χ0n) is 9.93. The Morgan fingerprint density at radius 3 is 2.63 bits per heavy atom. The van der Waals surface area contributed by atoms with Crippen molar-refractivity contribution in [2.24, 2.45) is 0 Å². The lowest BCUT2D eigenvalue weighted by molar-refractivity contribution is 0.539. The minimum absolute atomic E-state index is 0.507. The Balaban J connectivity index is 2.30. The number of nitrogens with one attached hydrogen (secondary N) is 1. The van der Waals surface area contributed by atoms with Crippen molar-refractivity contribution < 1.29 is 17.2 Å². The largest absolute Gasteiger partial charge is 0.244 e. The van der Waals surface area contributed by atoms with Crippen LogP contribution in [0.15, 0.2) is 40.6 Å². The van der Waals surface area contributed by atoms with Gasteiger partial charge in [-0.3, -0.25) is 0 Å². The van der Waals surface area contributed by atoms with Crippen LogP contribution in [0.1, 0.15) is 17.8 Å². The van der Waals surface area contributed by atoms with E-state index in [0.717, 1.165) is 17.0 Å². The molecule has 2 aromatic rings. The number of halogens is 2. The van der Waals surface area contributed by atoms with Crippen molar-refractivity contribution in [3.8, 4) is 0 Å². The molecule has 19 heavy (non-hydrogen) atoms. The first-order chi connectivity index (χ1) is 8.90. The topological polar surface area (TPSA) is 46.2 Å². The molecule has 0 radical (unpaired) electrons. The van der Waals surface area contributed by atoms with E-state index in [-0.39, 0.29) is 0 Å². The average Bonchev–Trinajstić information content (AvgIpc) is 2.85. The summed E-state index contributed by atoms with van der Waals surface area (Å²) >= 11 is 1.38. The Morgan fingerprint density at radius 1 is 1.26 bits per heavy atom. The highest BCUT2D eigenvalue weighted by Crippen LogP contribution is 2.22. The van der Waals surface area contributed by atoms with Gasteiger partial charge in [-0.25, -0.2) is 21.9 Å². The molecule has 0 spiro atoms. The van der Waals surface area contributed by atoms with Gasteiger partial charge in [0.15, 0.2) is 0 Å². The molecule has 1 unspecified atom stereocenters. The lowest BCUT2D eigenvalue weighted by atomic mass is 10.3. The summed E-state index contributed by atoms with van der Waals surface area (Å²) in [6.45, 7) is 1.64. The van der Waals surface area contributed by atoms with Gasteiger partial charge in [0, 0.05) is 4.88 Å². The molecule has 0 amide bonds. The van der Waals surface area contributed by atoms with Gasteiger partial charge in [-0.1, -0.05) is 6.07 Å². The molecule has 1 N–H and O–H groups in total. The zero-order chi connectivity index (χ0) is 14.0. The predicted molar refractivity (Wildman–Crippen MR) is 69.4 cm³/mol. The smallest absolute Gasteiger partial charge is 0.207 e. The summed E-state index contributed by atoms with van der Waals surface area (Å²) in [4.78, 5) is 0.108. The molecule has 0 aliphatic rings. The van der Waals surface area contributed by atoms with E-state index in [4.69, 9.17) is 0 Å². The van der Waals surface area contributed by atoms with Crippen LogP contribution in [0.25, 0.3) is 0 Å². The van der Waals surface area contributed by atoms with Crippen LogP contribution in [0, 0.1) is 11.6 Å². The van der Waals surface area contributed by atoms with Crippen molar-refractivity contribution in [2.75, 3.05) is 0 Å². The molecule has 0 bridgehead atoms. The maximum atomic E-state index is 13.5. The summed E-state index contributed by atoms with van der Waals surface area (Å²) < 4.78 is 52.8. The van der Waals surface area contributed by atoms with Crippen LogP contribution in [0.5, 0.6) is 0 Å². The molecule has 0 fully saturated rings. The number of rotatable bonds is 4. The molecular formula is C12H11F2NO2S2. The van der Waals surface area contributed by atoms with E-state index >= 15 is 0 Å². The second kappa shape index (κ2) is 5.36. The minimum Gasteiger partial charge on any atom is -0.207 e. The molecule has 7 heteroatoms. The highest BCUT2D eigenvalue weighted by molar-refractivity contribution is 7.89. The van der Waals surface area contributed by atoms with E-state index in [1.165, 1.54) is 11.3 Å². The standard InChI is InChI=1S/C12H11F2NO2S2/c1-8(11-3-2-6-18-11)15-19(16,17)12-7-9(13)4-5-10(12)14/h2-8,15H,1H3. The molecule has 0 aliphatic heterocycles. The molecule has 0 aliphatic carbocycles. The van der Waals surface area contributed by atoms with Crippen LogP contribution >= 0.6 is 11.3 Å². The lowest BCUT2D eigenvalue weighted by Gasteiger charge is -2.13. The van der Waals surface area contributed by atoms with Gasteiger partial charge in [-0.05, 0) is 36.6 Å². The van der Waals surface area contributed by atoms with Gasteiger partial charge >= 0.3 is 0 Å². The van der Waals surface area contributed by atoms with Crippen molar-refractivity contribution in [1.29, 1.82) is 0 Å². The second-order valence-electron chi connectivity index (χ2n) is 3.93. The number of sulfonamides is 1. The highest BCUT2D eigenvalue weighted by Gasteiger charge is 2.23. The number of hydrogen-bond donors (Lipinski definition) is 1. The Labute approximate surface area is 114 Å². The molecule has 1 aromatic carbocycles. The molecule has 102 valence electrons. The monoisotopic (exact) mass is 303 g/mol. The average molecular weight is 303 g/mol. The molecule has 1 atom stereocenters. The van der Waals surface area contributed by atoms with Gasteiger partial charge in [0.05, 0.1) is 6.04 Å². The summed E-state index contributed by atoms with van der Waals surface area (Å²) in [5.41, 5.74) is 0. The predicted octanol–water partition coefficient (Wildman–Crippen LogP) is 3.07. The minimum atomic E-state index is -4.10. The maximum absolute atomic E-state index is 13.5. The van der Waals surface area contributed by atoms with E-state index in [9.17, 15) is 17.2 Å². The molecule has 1 heterocycles. The van der Waals surface area contributed by atoms with Crippen LogP contribution in [-0.2, 0) is 10.0 Å². The fraction of sp³-hybridized carbons (Fsp3) is 0.167. The zero-order valence-corrected chi connectivity index (χ0v) is 11.6. The van der Waals surface area contributed by atoms with Crippen molar-refractivity contribution in [3.05, 3.63) is 52.2 Å². The SMILES string of the molecule is CC(NS(=O)(=O)c1cc(F)ccc1F)c1cccs1. The fourth-order valence-electron chi connectivity index (χ4n) is 1.58. The van der Waals surface area contributed by atoms with Crippen LogP contribution in [0.3, 0.4) is 0 Å². The van der Waals surface area contributed by atoms with Gasteiger partial charge in [-0.15, -0.1) is 11.3 Å². The first-order valence-electron chi connectivity index (χ1n) is 5.41. The molecule has 0 saturated heterocycles. The van der Waals surface area contributed by atoms with Crippen LogP contribution in [0.4, 0.5) is 8.78 Å². The summed E-state index contributed by atoms with van der Waals surface area (Å²) in [5.74, 6) is -1.78. The van der Waals surface area contributed by atoms with Crippen molar-refractivity contribution in [2.45, 2.75) is 17.9 Å². The Hall–Kier alpha value is -1.31. The van der Waals surface area contributed by atoms with Gasteiger partial charge in [-0.2, -0.15) is 0 Å².